The van der Waals surface area contributed by atoms with Gasteiger partial charge in [-0.1, -0.05) is 0 Å². The molecule has 2 rings (SSSR count). The number of nitrogens with one attached hydrogen (secondary N) is 1. The normalized spacial score (nSPS) is 16.1. The number of anilines is 1. The van der Waals surface area contributed by atoms with Crippen molar-refractivity contribution in [3.8, 4) is 5.75 Å². The quantitative estimate of drug-likeness (QED) is 0.895. The number of ether oxygens (including phenoxy) is 1. The zero-order valence-corrected chi connectivity index (χ0v) is 11.9. The maximum absolute atomic E-state index is 13.5. The van der Waals surface area contributed by atoms with Gasteiger partial charge in [0.15, 0.2) is 11.6 Å². The molecule has 5 nitrogen and oxygen atoms in total. The number of methoxy groups -OCH3 is 1. The van der Waals surface area contributed by atoms with Gasteiger partial charge in [-0.2, -0.15) is 0 Å². The van der Waals surface area contributed by atoms with E-state index < -0.39 is 5.82 Å². The van der Waals surface area contributed by atoms with Crippen LogP contribution in [0, 0.1) is 5.82 Å². The first kappa shape index (κ1) is 14.6. The Balaban J connectivity index is 1.85. The standard InChI is InChI=1S/C14H20FN3O2/c1-17-5-7-18(8-6-17)14(19)10-16-11-3-4-13(20-2)12(15)9-11/h3-4,9,16H,5-8,10H2,1-2H3. The molecule has 1 heterocycles. The van der Waals surface area contributed by atoms with Crippen molar-refractivity contribution in [2.24, 2.45) is 0 Å². The van der Waals surface area contributed by atoms with E-state index in [0.29, 0.717) is 5.69 Å². The maximum Gasteiger partial charge on any atom is 0.241 e. The number of carbonyl (C=O) groups excluding carboxylic acids is 1. The molecule has 1 saturated heterocycles. The van der Waals surface area contributed by atoms with Gasteiger partial charge in [-0.25, -0.2) is 4.39 Å². The van der Waals surface area contributed by atoms with Gasteiger partial charge in [0.05, 0.1) is 13.7 Å². The highest BCUT2D eigenvalue weighted by Gasteiger charge is 2.18. The van der Waals surface area contributed by atoms with Crippen LogP contribution in [0.5, 0.6) is 5.75 Å². The first-order valence-corrected chi connectivity index (χ1v) is 6.64. The second-order valence-electron chi connectivity index (χ2n) is 4.89. The molecular weight excluding hydrogens is 261 g/mol. The SMILES string of the molecule is COc1ccc(NCC(=O)N2CCN(C)CC2)cc1F. The summed E-state index contributed by atoms with van der Waals surface area (Å²) in [7, 11) is 3.46. The van der Waals surface area contributed by atoms with Gasteiger partial charge in [0.1, 0.15) is 0 Å². The van der Waals surface area contributed by atoms with Crippen LogP contribution in [-0.2, 0) is 4.79 Å². The number of likely N-dealkylation sites (N-methyl/N-ethyl adjacent to an activating group) is 1. The highest BCUT2D eigenvalue weighted by atomic mass is 19.1. The highest BCUT2D eigenvalue weighted by Crippen LogP contribution is 2.20. The Bertz CT molecular complexity index is 473. The summed E-state index contributed by atoms with van der Waals surface area (Å²) in [6, 6.07) is 4.56. The lowest BCUT2D eigenvalue weighted by atomic mass is 10.2. The maximum atomic E-state index is 13.5. The number of carbonyl (C=O) groups is 1. The number of amides is 1. The molecule has 0 saturated carbocycles. The molecule has 0 atom stereocenters. The summed E-state index contributed by atoms with van der Waals surface area (Å²) in [5, 5.41) is 2.94. The van der Waals surface area contributed by atoms with Gasteiger partial charge in [-0.05, 0) is 19.2 Å². The molecule has 20 heavy (non-hydrogen) atoms. The molecule has 6 heteroatoms. The average Bonchev–Trinajstić information content (AvgIpc) is 2.45. The van der Waals surface area contributed by atoms with Gasteiger partial charge in [-0.15, -0.1) is 0 Å². The van der Waals surface area contributed by atoms with Crippen LogP contribution in [0.15, 0.2) is 18.2 Å². The minimum absolute atomic E-state index is 0.0364. The molecule has 0 spiro atoms. The molecule has 1 aliphatic heterocycles. The molecule has 0 radical (unpaired) electrons. The summed E-state index contributed by atoms with van der Waals surface area (Å²) in [6.07, 6.45) is 0. The fraction of sp³-hybridized carbons (Fsp3) is 0.500. The van der Waals surface area contributed by atoms with Gasteiger partial charge in [0.25, 0.3) is 0 Å². The second kappa shape index (κ2) is 6.56. The van der Waals surface area contributed by atoms with E-state index in [-0.39, 0.29) is 18.2 Å². The van der Waals surface area contributed by atoms with E-state index in [1.165, 1.54) is 19.2 Å². The number of piperazine rings is 1. The van der Waals surface area contributed by atoms with Crippen molar-refractivity contribution in [2.75, 3.05) is 52.2 Å². The first-order chi connectivity index (χ1) is 9.60. The average molecular weight is 281 g/mol. The van der Waals surface area contributed by atoms with Crippen molar-refractivity contribution in [1.29, 1.82) is 0 Å². The molecule has 1 fully saturated rings. The van der Waals surface area contributed by atoms with Crippen LogP contribution in [0.2, 0.25) is 0 Å². The van der Waals surface area contributed by atoms with Crippen LogP contribution in [0.4, 0.5) is 10.1 Å². The minimum Gasteiger partial charge on any atom is -0.494 e. The fourth-order valence-electron chi connectivity index (χ4n) is 2.12. The van der Waals surface area contributed by atoms with E-state index in [4.69, 9.17) is 4.74 Å². The first-order valence-electron chi connectivity index (χ1n) is 6.64. The summed E-state index contributed by atoms with van der Waals surface area (Å²) in [5.41, 5.74) is 0.575. The van der Waals surface area contributed by atoms with Gasteiger partial charge in [0, 0.05) is 37.9 Å². The van der Waals surface area contributed by atoms with Crippen molar-refractivity contribution in [3.63, 3.8) is 0 Å². The molecule has 1 amide bonds. The predicted octanol–water partition coefficient (Wildman–Crippen LogP) is 1.02. The third-order valence-corrected chi connectivity index (χ3v) is 3.45. The van der Waals surface area contributed by atoms with Crippen LogP contribution in [0.1, 0.15) is 0 Å². The number of hydrogen-bond acceptors (Lipinski definition) is 4. The van der Waals surface area contributed by atoms with Gasteiger partial charge in [0.2, 0.25) is 5.91 Å². The topological polar surface area (TPSA) is 44.8 Å². The Labute approximate surface area is 118 Å². The molecule has 0 unspecified atom stereocenters. The molecule has 1 N–H and O–H groups in total. The molecule has 0 bridgehead atoms. The molecule has 1 aliphatic rings. The van der Waals surface area contributed by atoms with E-state index in [9.17, 15) is 9.18 Å². The lowest BCUT2D eigenvalue weighted by Crippen LogP contribution is -2.48. The van der Waals surface area contributed by atoms with Crippen LogP contribution in [0.3, 0.4) is 0 Å². The number of hydrogen-bond donors (Lipinski definition) is 1. The summed E-state index contributed by atoms with van der Waals surface area (Å²) >= 11 is 0. The van der Waals surface area contributed by atoms with E-state index in [1.807, 2.05) is 11.9 Å². The molecule has 1 aromatic carbocycles. The van der Waals surface area contributed by atoms with Gasteiger partial charge >= 0.3 is 0 Å². The third-order valence-electron chi connectivity index (χ3n) is 3.45. The second-order valence-corrected chi connectivity index (χ2v) is 4.89. The molecular formula is C14H20FN3O2. The Morgan fingerprint density at radius 1 is 1.35 bits per heavy atom. The summed E-state index contributed by atoms with van der Waals surface area (Å²) in [5.74, 6) is -0.209. The number of benzene rings is 1. The van der Waals surface area contributed by atoms with E-state index in [1.54, 1.807) is 6.07 Å². The smallest absolute Gasteiger partial charge is 0.241 e. The van der Waals surface area contributed by atoms with Gasteiger partial charge in [-0.3, -0.25) is 4.79 Å². The molecule has 0 aliphatic carbocycles. The van der Waals surface area contributed by atoms with Crippen LogP contribution in [-0.4, -0.2) is 62.6 Å². The van der Waals surface area contributed by atoms with Crippen molar-refractivity contribution in [3.05, 3.63) is 24.0 Å². The minimum atomic E-state index is -0.440. The predicted molar refractivity (Wildman–Crippen MR) is 75.5 cm³/mol. The Morgan fingerprint density at radius 2 is 2.05 bits per heavy atom. The number of halogens is 1. The van der Waals surface area contributed by atoms with Crippen molar-refractivity contribution < 1.29 is 13.9 Å². The molecule has 1 aromatic rings. The van der Waals surface area contributed by atoms with E-state index in [2.05, 4.69) is 10.2 Å². The largest absolute Gasteiger partial charge is 0.494 e. The lowest BCUT2D eigenvalue weighted by molar-refractivity contribution is -0.130. The Morgan fingerprint density at radius 3 is 2.65 bits per heavy atom. The van der Waals surface area contributed by atoms with Crippen LogP contribution in [0.25, 0.3) is 0 Å². The van der Waals surface area contributed by atoms with Crippen molar-refractivity contribution in [1.82, 2.24) is 9.80 Å². The zero-order valence-electron chi connectivity index (χ0n) is 11.9. The fourth-order valence-corrected chi connectivity index (χ4v) is 2.12. The zero-order chi connectivity index (χ0) is 14.5. The van der Waals surface area contributed by atoms with Crippen LogP contribution < -0.4 is 10.1 Å². The monoisotopic (exact) mass is 281 g/mol. The molecule has 110 valence electrons. The van der Waals surface area contributed by atoms with Gasteiger partial charge < -0.3 is 19.9 Å². The highest BCUT2D eigenvalue weighted by molar-refractivity contribution is 5.81. The van der Waals surface area contributed by atoms with Crippen LogP contribution >= 0.6 is 0 Å². The van der Waals surface area contributed by atoms with E-state index >= 15 is 0 Å². The lowest BCUT2D eigenvalue weighted by Gasteiger charge is -2.32. The number of rotatable bonds is 4. The third kappa shape index (κ3) is 3.60. The Hall–Kier alpha value is -1.82. The van der Waals surface area contributed by atoms with Crippen molar-refractivity contribution >= 4 is 11.6 Å². The summed E-state index contributed by atoms with van der Waals surface area (Å²) in [6.45, 7) is 3.45. The summed E-state index contributed by atoms with van der Waals surface area (Å²) < 4.78 is 18.4. The summed E-state index contributed by atoms with van der Waals surface area (Å²) in [4.78, 5) is 16.0. The Kier molecular flexibility index (Phi) is 4.79. The number of nitrogens with zero attached hydrogens (tertiary/aromatic N) is 2. The van der Waals surface area contributed by atoms with Crippen molar-refractivity contribution in [2.45, 2.75) is 0 Å². The molecule has 0 aromatic heterocycles. The van der Waals surface area contributed by atoms with E-state index in [0.717, 1.165) is 26.2 Å².